The van der Waals surface area contributed by atoms with Crippen molar-refractivity contribution in [3.63, 3.8) is 0 Å². The molecular formula is C38H40FN5O7S4. The van der Waals surface area contributed by atoms with Crippen molar-refractivity contribution in [1.82, 2.24) is 19.6 Å². The Morgan fingerprint density at radius 2 is 1.45 bits per heavy atom. The molecule has 10 atom stereocenters. The smallest absolute Gasteiger partial charge is 0.311 e. The number of hydrogen-bond donors (Lipinski definition) is 2. The highest BCUT2D eigenvalue weighted by molar-refractivity contribution is 8.78. The lowest BCUT2D eigenvalue weighted by Crippen LogP contribution is -2.78. The van der Waals surface area contributed by atoms with E-state index in [1.165, 1.54) is 48.4 Å². The van der Waals surface area contributed by atoms with Crippen LogP contribution in [0.2, 0.25) is 0 Å². The molecule has 290 valence electrons. The topological polar surface area (TPSA) is 140 Å². The van der Waals surface area contributed by atoms with Crippen LogP contribution < -0.4 is 5.32 Å². The standard InChI is InChI=1S/C38H40FN5O7S4/c1-8-33-27(46)43-23-16-18-12-10-11-13-20(18)35(23,24(45)37(43,54-52-33)29(48)41(33)6)36-21-17-19(39)14-15-22(21)40-26(36)44-28(47)34(9-2)42(7)30(49)38(44,55-53-34)25(36)51-31(50)32(3,4)5/h10-15,17,23-26,40,45H,8-9,16H2,1-7H3/t23-,24-,25-,26+,33-,34-,35-,36+,37-,38-/m0/s1. The van der Waals surface area contributed by atoms with Crippen LogP contribution in [0.15, 0.2) is 42.5 Å². The third-order valence-electron chi connectivity index (χ3n) is 13.9. The number of ether oxygens (including phenoxy) is 1. The van der Waals surface area contributed by atoms with Gasteiger partial charge in [0, 0.05) is 19.8 Å². The fourth-order valence-electron chi connectivity index (χ4n) is 11.4. The summed E-state index contributed by atoms with van der Waals surface area (Å²) in [4.78, 5) is 75.2. The van der Waals surface area contributed by atoms with E-state index >= 15 is 23.6 Å². The van der Waals surface area contributed by atoms with Crippen molar-refractivity contribution >= 4 is 78.5 Å². The molecule has 10 aliphatic rings. The molecule has 8 fully saturated rings. The molecule has 2 N–H and O–H groups in total. The number of carbonyl (C=O) groups is 5. The third-order valence-corrected chi connectivity index (χ3v) is 21.5. The maximum absolute atomic E-state index is 16.1. The van der Waals surface area contributed by atoms with Gasteiger partial charge in [0.05, 0.1) is 22.3 Å². The number of hydrogen-bond acceptors (Lipinski definition) is 12. The minimum absolute atomic E-state index is 0.206. The van der Waals surface area contributed by atoms with E-state index in [2.05, 4.69) is 5.32 Å². The summed E-state index contributed by atoms with van der Waals surface area (Å²) in [6.45, 7) is 8.75. The molecule has 55 heavy (non-hydrogen) atoms. The van der Waals surface area contributed by atoms with Crippen LogP contribution in [-0.2, 0) is 46.0 Å². The molecule has 9 aliphatic heterocycles. The van der Waals surface area contributed by atoms with Crippen molar-refractivity contribution < 1.29 is 38.2 Å². The number of aliphatic hydroxyl groups excluding tert-OH is 1. The number of amides is 4. The Labute approximate surface area is 333 Å². The maximum atomic E-state index is 16.1. The van der Waals surface area contributed by atoms with Crippen molar-refractivity contribution in [2.24, 2.45) is 5.41 Å². The van der Waals surface area contributed by atoms with E-state index in [1.807, 2.05) is 38.1 Å². The fourth-order valence-corrected chi connectivity index (χ4v) is 19.3. The number of likely N-dealkylation sites (N-methyl/N-ethyl adjacent to an activating group) is 2. The lowest BCUT2D eigenvalue weighted by Gasteiger charge is -2.59. The Kier molecular flexibility index (Phi) is 7.04. The molecule has 4 bridgehead atoms. The molecule has 9 heterocycles. The van der Waals surface area contributed by atoms with Gasteiger partial charge in [0.2, 0.25) is 9.74 Å². The number of anilines is 1. The quantitative estimate of drug-likeness (QED) is 0.340. The third kappa shape index (κ3) is 3.44. The number of fused-ring (bicyclic) bond motifs is 11. The van der Waals surface area contributed by atoms with Gasteiger partial charge in [0.1, 0.15) is 18.1 Å². The lowest BCUT2D eigenvalue weighted by molar-refractivity contribution is -0.177. The van der Waals surface area contributed by atoms with Crippen molar-refractivity contribution in [1.29, 1.82) is 0 Å². The lowest BCUT2D eigenvalue weighted by atomic mass is 9.51. The van der Waals surface area contributed by atoms with Gasteiger partial charge in [-0.05, 0) is 96.5 Å². The van der Waals surface area contributed by atoms with Crippen LogP contribution in [0.4, 0.5) is 10.1 Å². The second-order valence-corrected chi connectivity index (χ2v) is 22.1. The predicted molar refractivity (Wildman–Crippen MR) is 208 cm³/mol. The highest BCUT2D eigenvalue weighted by Crippen LogP contribution is 2.79. The van der Waals surface area contributed by atoms with Gasteiger partial charge in [-0.1, -0.05) is 59.7 Å². The molecule has 8 saturated heterocycles. The number of rotatable bonds is 4. The van der Waals surface area contributed by atoms with Gasteiger partial charge in [-0.2, -0.15) is 0 Å². The minimum atomic E-state index is -1.90. The number of nitrogens with one attached hydrogen (secondary N) is 1. The van der Waals surface area contributed by atoms with Crippen LogP contribution >= 0.6 is 43.2 Å². The second-order valence-electron chi connectivity index (χ2n) is 16.9. The van der Waals surface area contributed by atoms with Crippen LogP contribution in [0.25, 0.3) is 0 Å². The minimum Gasteiger partial charge on any atom is -0.457 e. The summed E-state index contributed by atoms with van der Waals surface area (Å²) in [5.41, 5.74) is -2.64. The van der Waals surface area contributed by atoms with E-state index in [-0.39, 0.29) is 18.7 Å². The number of aliphatic hydroxyl groups is 1. The Bertz CT molecular complexity index is 2210. The molecule has 12 nitrogen and oxygen atoms in total. The van der Waals surface area contributed by atoms with E-state index in [0.717, 1.165) is 27.2 Å². The summed E-state index contributed by atoms with van der Waals surface area (Å²) < 4.78 is 22.9. The van der Waals surface area contributed by atoms with E-state index in [9.17, 15) is 9.90 Å². The van der Waals surface area contributed by atoms with Crippen LogP contribution in [0.5, 0.6) is 0 Å². The van der Waals surface area contributed by atoms with Gasteiger partial charge < -0.3 is 29.9 Å². The van der Waals surface area contributed by atoms with E-state index in [0.29, 0.717) is 23.2 Å². The SMILES string of the molecule is CC[C@@]12SS[C@]3(C(=O)N1C)[C@@H](O)[C@]1([C@@]45c6cc(F)ccc6N[C@@H]4N4C(=O)[C@]6(CC)SS[C@]4(C(=O)N6C)[C@H]5OC(=O)C(C)(C)C)c4ccccc4C[C@@H]1N3C2=O. The summed E-state index contributed by atoms with van der Waals surface area (Å²) in [5, 5.41) is 17.3. The zero-order chi connectivity index (χ0) is 39.2. The largest absolute Gasteiger partial charge is 0.457 e. The van der Waals surface area contributed by atoms with Crippen LogP contribution in [-0.4, -0.2) is 112 Å². The van der Waals surface area contributed by atoms with E-state index < -0.39 is 89.7 Å². The molecule has 4 amide bonds. The summed E-state index contributed by atoms with van der Waals surface area (Å²) in [6, 6.07) is 10.7. The van der Waals surface area contributed by atoms with Crippen molar-refractivity contribution in [3.05, 3.63) is 65.0 Å². The molecule has 0 saturated carbocycles. The molecule has 2 aromatic carbocycles. The first kappa shape index (κ1) is 36.2. The second kappa shape index (κ2) is 10.7. The van der Waals surface area contributed by atoms with Gasteiger partial charge in [-0.25, -0.2) is 4.39 Å². The number of carbonyl (C=O) groups excluding carboxylic acids is 5. The highest BCUT2D eigenvalue weighted by Gasteiger charge is 2.93. The average Bonchev–Trinajstić information content (AvgIpc) is 3.81. The molecule has 0 radical (unpaired) electrons. The molecule has 1 aliphatic carbocycles. The average molecular weight is 826 g/mol. The van der Waals surface area contributed by atoms with Gasteiger partial charge in [0.25, 0.3) is 23.6 Å². The predicted octanol–water partition coefficient (Wildman–Crippen LogP) is 4.02. The number of benzene rings is 2. The zero-order valence-electron chi connectivity index (χ0n) is 31.2. The molecule has 2 spiro atoms. The Morgan fingerprint density at radius 1 is 0.855 bits per heavy atom. The summed E-state index contributed by atoms with van der Waals surface area (Å²) in [6.07, 6.45) is -3.69. The fraction of sp³-hybridized carbons (Fsp3) is 0.553. The Balaban J connectivity index is 1.38. The summed E-state index contributed by atoms with van der Waals surface area (Å²) >= 11 is 0. The zero-order valence-corrected chi connectivity index (χ0v) is 34.4. The van der Waals surface area contributed by atoms with Gasteiger partial charge in [-0.15, -0.1) is 0 Å². The van der Waals surface area contributed by atoms with Gasteiger partial charge in [-0.3, -0.25) is 28.9 Å². The molecule has 0 aromatic heterocycles. The van der Waals surface area contributed by atoms with Crippen molar-refractivity contribution in [3.8, 4) is 0 Å². The normalized spacial score (nSPS) is 41.6. The van der Waals surface area contributed by atoms with Gasteiger partial charge in [0.15, 0.2) is 15.8 Å². The van der Waals surface area contributed by atoms with Crippen LogP contribution in [0.1, 0.15) is 64.2 Å². The van der Waals surface area contributed by atoms with Crippen LogP contribution in [0, 0.1) is 11.2 Å². The van der Waals surface area contributed by atoms with E-state index in [1.54, 1.807) is 45.8 Å². The number of nitrogens with zero attached hydrogens (tertiary/aromatic N) is 4. The number of piperazine rings is 2. The van der Waals surface area contributed by atoms with Crippen molar-refractivity contribution in [2.45, 2.75) is 109 Å². The molecule has 0 unspecified atom stereocenters. The maximum Gasteiger partial charge on any atom is 0.311 e. The first-order valence-corrected chi connectivity index (χ1v) is 22.8. The summed E-state index contributed by atoms with van der Waals surface area (Å²) in [5.74, 6) is -2.94. The van der Waals surface area contributed by atoms with Gasteiger partial charge >= 0.3 is 5.97 Å². The monoisotopic (exact) mass is 825 g/mol. The Morgan fingerprint density at radius 3 is 2.09 bits per heavy atom. The van der Waals surface area contributed by atoms with Crippen LogP contribution in [0.3, 0.4) is 0 Å². The number of halogens is 1. The summed E-state index contributed by atoms with van der Waals surface area (Å²) in [7, 11) is 7.97. The first-order valence-electron chi connectivity index (χ1n) is 18.5. The first-order chi connectivity index (χ1) is 26.0. The van der Waals surface area contributed by atoms with Crippen molar-refractivity contribution in [2.75, 3.05) is 19.4 Å². The van der Waals surface area contributed by atoms with E-state index in [4.69, 9.17) is 4.74 Å². The molecule has 17 heteroatoms. The molecule has 12 rings (SSSR count). The molecule has 2 aromatic rings. The highest BCUT2D eigenvalue weighted by atomic mass is 33.1. The Hall–Kier alpha value is -3.12. The number of esters is 1. The molecular weight excluding hydrogens is 786 g/mol.